The first-order chi connectivity index (χ1) is 9.15. The quantitative estimate of drug-likeness (QED) is 0.739. The Hall–Kier alpha value is -0.610. The SMILES string of the molecule is CC1CCN(CCCNC(=O)C2CCC(N)C2)CC1. The average Bonchev–Trinajstić information content (AvgIpc) is 2.83. The molecule has 0 aromatic rings. The molecule has 19 heavy (non-hydrogen) atoms. The number of nitrogens with zero attached hydrogens (tertiary/aromatic N) is 1. The standard InChI is InChI=1S/C15H29N3O/c1-12-5-9-18(10-6-12)8-2-7-17-15(19)13-3-4-14(16)11-13/h12-14H,2-11,16H2,1H3,(H,17,19). The van der Waals surface area contributed by atoms with Crippen LogP contribution in [0.2, 0.25) is 0 Å². The minimum Gasteiger partial charge on any atom is -0.356 e. The van der Waals surface area contributed by atoms with Gasteiger partial charge in [0.2, 0.25) is 5.91 Å². The maximum atomic E-state index is 11.9. The zero-order valence-corrected chi connectivity index (χ0v) is 12.2. The van der Waals surface area contributed by atoms with Gasteiger partial charge in [0.15, 0.2) is 0 Å². The third-order valence-electron chi connectivity index (χ3n) is 4.67. The Morgan fingerprint density at radius 1 is 1.26 bits per heavy atom. The number of piperidine rings is 1. The Balaban J connectivity index is 1.53. The predicted octanol–water partition coefficient (Wildman–Crippen LogP) is 1.35. The highest BCUT2D eigenvalue weighted by Gasteiger charge is 2.27. The molecule has 1 amide bonds. The van der Waals surface area contributed by atoms with Crippen molar-refractivity contribution in [3.05, 3.63) is 0 Å². The molecular weight excluding hydrogens is 238 g/mol. The summed E-state index contributed by atoms with van der Waals surface area (Å²) >= 11 is 0. The van der Waals surface area contributed by atoms with Crippen molar-refractivity contribution in [3.63, 3.8) is 0 Å². The molecule has 4 heteroatoms. The van der Waals surface area contributed by atoms with Crippen molar-refractivity contribution in [2.45, 2.75) is 51.5 Å². The first-order valence-corrected chi connectivity index (χ1v) is 7.91. The van der Waals surface area contributed by atoms with Crippen LogP contribution in [0.3, 0.4) is 0 Å². The van der Waals surface area contributed by atoms with E-state index in [1.807, 2.05) is 0 Å². The van der Waals surface area contributed by atoms with Crippen molar-refractivity contribution in [2.24, 2.45) is 17.6 Å². The summed E-state index contributed by atoms with van der Waals surface area (Å²) in [5.74, 6) is 1.29. The van der Waals surface area contributed by atoms with Crippen LogP contribution in [0.5, 0.6) is 0 Å². The van der Waals surface area contributed by atoms with Gasteiger partial charge >= 0.3 is 0 Å². The summed E-state index contributed by atoms with van der Waals surface area (Å²) in [7, 11) is 0. The van der Waals surface area contributed by atoms with Gasteiger partial charge in [-0.15, -0.1) is 0 Å². The van der Waals surface area contributed by atoms with E-state index >= 15 is 0 Å². The Morgan fingerprint density at radius 3 is 2.63 bits per heavy atom. The maximum absolute atomic E-state index is 11.9. The first-order valence-electron chi connectivity index (χ1n) is 7.91. The molecule has 0 aromatic heterocycles. The van der Waals surface area contributed by atoms with Crippen LogP contribution in [0.1, 0.15) is 45.4 Å². The lowest BCUT2D eigenvalue weighted by molar-refractivity contribution is -0.124. The van der Waals surface area contributed by atoms with E-state index in [0.717, 1.165) is 44.7 Å². The van der Waals surface area contributed by atoms with Gasteiger partial charge in [-0.2, -0.15) is 0 Å². The van der Waals surface area contributed by atoms with Gasteiger partial charge in [0.05, 0.1) is 0 Å². The van der Waals surface area contributed by atoms with E-state index in [1.165, 1.54) is 25.9 Å². The summed E-state index contributed by atoms with van der Waals surface area (Å²) in [4.78, 5) is 14.4. The van der Waals surface area contributed by atoms with E-state index in [9.17, 15) is 4.79 Å². The summed E-state index contributed by atoms with van der Waals surface area (Å²) in [5, 5.41) is 3.07. The Kier molecular flexibility index (Phi) is 5.64. The molecule has 1 saturated heterocycles. The highest BCUT2D eigenvalue weighted by atomic mass is 16.1. The number of carbonyl (C=O) groups excluding carboxylic acids is 1. The number of hydrogen-bond donors (Lipinski definition) is 2. The minimum absolute atomic E-state index is 0.172. The van der Waals surface area contributed by atoms with E-state index in [2.05, 4.69) is 17.1 Å². The van der Waals surface area contributed by atoms with Crippen molar-refractivity contribution in [1.82, 2.24) is 10.2 Å². The van der Waals surface area contributed by atoms with Crippen molar-refractivity contribution in [1.29, 1.82) is 0 Å². The second kappa shape index (κ2) is 7.25. The second-order valence-corrected chi connectivity index (χ2v) is 6.44. The Labute approximate surface area is 117 Å². The second-order valence-electron chi connectivity index (χ2n) is 6.44. The van der Waals surface area contributed by atoms with Crippen LogP contribution in [0.25, 0.3) is 0 Å². The minimum atomic E-state index is 0.172. The van der Waals surface area contributed by atoms with Gasteiger partial charge in [0.25, 0.3) is 0 Å². The Morgan fingerprint density at radius 2 is 2.00 bits per heavy atom. The highest BCUT2D eigenvalue weighted by molar-refractivity contribution is 5.78. The van der Waals surface area contributed by atoms with Crippen molar-refractivity contribution >= 4 is 5.91 Å². The number of carbonyl (C=O) groups is 1. The molecule has 3 N–H and O–H groups in total. The van der Waals surface area contributed by atoms with Crippen LogP contribution in [-0.4, -0.2) is 43.0 Å². The van der Waals surface area contributed by atoms with Crippen molar-refractivity contribution < 1.29 is 4.79 Å². The molecule has 1 aliphatic heterocycles. The molecule has 2 atom stereocenters. The Bertz CT molecular complexity index is 287. The largest absolute Gasteiger partial charge is 0.356 e. The summed E-state index contributed by atoms with van der Waals surface area (Å²) in [6.07, 6.45) is 6.56. The number of rotatable bonds is 5. The van der Waals surface area contributed by atoms with Crippen molar-refractivity contribution in [2.75, 3.05) is 26.2 Å². The topological polar surface area (TPSA) is 58.4 Å². The molecule has 2 fully saturated rings. The van der Waals surface area contributed by atoms with Crippen LogP contribution in [0.4, 0.5) is 0 Å². The van der Waals surface area contributed by atoms with Crippen LogP contribution in [-0.2, 0) is 4.79 Å². The van der Waals surface area contributed by atoms with Gasteiger partial charge in [-0.25, -0.2) is 0 Å². The fourth-order valence-corrected chi connectivity index (χ4v) is 3.20. The van der Waals surface area contributed by atoms with Gasteiger partial charge in [-0.3, -0.25) is 4.79 Å². The predicted molar refractivity (Wildman–Crippen MR) is 77.8 cm³/mol. The molecule has 1 aliphatic carbocycles. The summed E-state index contributed by atoms with van der Waals surface area (Å²) in [6.45, 7) is 6.73. The van der Waals surface area contributed by atoms with E-state index in [-0.39, 0.29) is 17.9 Å². The van der Waals surface area contributed by atoms with Crippen LogP contribution in [0.15, 0.2) is 0 Å². The van der Waals surface area contributed by atoms with Gasteiger partial charge in [-0.05, 0) is 64.1 Å². The molecule has 110 valence electrons. The zero-order valence-electron chi connectivity index (χ0n) is 12.2. The van der Waals surface area contributed by atoms with Gasteiger partial charge in [0, 0.05) is 18.5 Å². The highest BCUT2D eigenvalue weighted by Crippen LogP contribution is 2.24. The molecule has 1 heterocycles. The lowest BCUT2D eigenvalue weighted by atomic mass is 9.99. The van der Waals surface area contributed by atoms with Crippen molar-refractivity contribution in [3.8, 4) is 0 Å². The number of nitrogens with one attached hydrogen (secondary N) is 1. The van der Waals surface area contributed by atoms with Crippen LogP contribution >= 0.6 is 0 Å². The summed E-state index contributed by atoms with van der Waals surface area (Å²) < 4.78 is 0. The molecule has 2 aliphatic rings. The third kappa shape index (κ3) is 4.77. The van der Waals surface area contributed by atoms with Gasteiger partial charge in [0.1, 0.15) is 0 Å². The van der Waals surface area contributed by atoms with E-state index in [4.69, 9.17) is 5.73 Å². The smallest absolute Gasteiger partial charge is 0.223 e. The number of hydrogen-bond acceptors (Lipinski definition) is 3. The third-order valence-corrected chi connectivity index (χ3v) is 4.67. The molecule has 0 aromatic carbocycles. The summed E-state index contributed by atoms with van der Waals surface area (Å²) in [5.41, 5.74) is 5.84. The fraction of sp³-hybridized carbons (Fsp3) is 0.933. The van der Waals surface area contributed by atoms with Crippen LogP contribution < -0.4 is 11.1 Å². The molecule has 4 nitrogen and oxygen atoms in total. The fourth-order valence-electron chi connectivity index (χ4n) is 3.20. The molecular formula is C15H29N3O. The zero-order chi connectivity index (χ0) is 13.7. The average molecular weight is 267 g/mol. The molecule has 2 rings (SSSR count). The maximum Gasteiger partial charge on any atom is 0.223 e. The normalized spacial score (nSPS) is 29.6. The number of likely N-dealkylation sites (tertiary alicyclic amines) is 1. The van der Waals surface area contributed by atoms with Crippen LogP contribution in [0, 0.1) is 11.8 Å². The first kappa shape index (κ1) is 14.8. The molecule has 2 unspecified atom stereocenters. The van der Waals surface area contributed by atoms with Gasteiger partial charge < -0.3 is 16.0 Å². The number of nitrogens with two attached hydrogens (primary N) is 1. The van der Waals surface area contributed by atoms with E-state index < -0.39 is 0 Å². The van der Waals surface area contributed by atoms with E-state index in [0.29, 0.717) is 0 Å². The van der Waals surface area contributed by atoms with Gasteiger partial charge in [-0.1, -0.05) is 6.92 Å². The molecule has 1 saturated carbocycles. The van der Waals surface area contributed by atoms with E-state index in [1.54, 1.807) is 0 Å². The lowest BCUT2D eigenvalue weighted by Gasteiger charge is -2.30. The number of amides is 1. The molecule has 0 bridgehead atoms. The summed E-state index contributed by atoms with van der Waals surface area (Å²) in [6, 6.07) is 0.242. The molecule has 0 radical (unpaired) electrons. The molecule has 0 spiro atoms. The monoisotopic (exact) mass is 267 g/mol. The lowest BCUT2D eigenvalue weighted by Crippen LogP contribution is -2.36.